The summed E-state index contributed by atoms with van der Waals surface area (Å²) in [6.07, 6.45) is 7.87. The third-order valence-corrected chi connectivity index (χ3v) is 4.54. The van der Waals surface area contributed by atoms with Gasteiger partial charge in [0, 0.05) is 10.8 Å². The summed E-state index contributed by atoms with van der Waals surface area (Å²) < 4.78 is 5.73. The number of allylic oxidation sites excluding steroid dienone is 3. The van der Waals surface area contributed by atoms with Crippen LogP contribution in [0.2, 0.25) is 0 Å². The highest BCUT2D eigenvalue weighted by Gasteiger charge is 2.18. The minimum Gasteiger partial charge on any atom is -0.423 e. The number of para-hydroxylation sites is 2. The maximum atomic E-state index is 13.0. The predicted molar refractivity (Wildman–Crippen MR) is 100 cm³/mol. The first-order valence-corrected chi connectivity index (χ1v) is 8.59. The molecule has 4 rings (SSSR count). The summed E-state index contributed by atoms with van der Waals surface area (Å²) in [6.45, 7) is 2.19. The Morgan fingerprint density at radius 3 is 2.32 bits per heavy atom. The van der Waals surface area contributed by atoms with E-state index in [-0.39, 0.29) is 5.97 Å². The fourth-order valence-corrected chi connectivity index (χ4v) is 3.19. The highest BCUT2D eigenvalue weighted by atomic mass is 16.5. The van der Waals surface area contributed by atoms with Crippen LogP contribution in [-0.4, -0.2) is 11.0 Å². The zero-order valence-electron chi connectivity index (χ0n) is 14.1. The molecule has 0 saturated carbocycles. The molecule has 1 heterocycles. The van der Waals surface area contributed by atoms with Crippen molar-refractivity contribution >= 4 is 27.8 Å². The summed E-state index contributed by atoms with van der Waals surface area (Å²) in [5, 5.41) is 1.63. The molecule has 1 aliphatic carbocycles. The maximum Gasteiger partial charge on any atom is 0.344 e. The number of esters is 1. The number of benzene rings is 2. The Labute approximate surface area is 146 Å². The van der Waals surface area contributed by atoms with Crippen molar-refractivity contribution in [1.29, 1.82) is 0 Å². The summed E-state index contributed by atoms with van der Waals surface area (Å²) >= 11 is 0. The van der Waals surface area contributed by atoms with Gasteiger partial charge in [0.05, 0.1) is 16.6 Å². The van der Waals surface area contributed by atoms with Crippen LogP contribution in [0.1, 0.15) is 30.1 Å². The van der Waals surface area contributed by atoms with Crippen molar-refractivity contribution in [2.24, 2.45) is 5.92 Å². The Morgan fingerprint density at radius 1 is 1.00 bits per heavy atom. The third-order valence-electron chi connectivity index (χ3n) is 4.54. The summed E-state index contributed by atoms with van der Waals surface area (Å²) in [6, 6.07) is 15.4. The molecule has 1 atom stereocenters. The molecule has 3 heteroatoms. The van der Waals surface area contributed by atoms with Crippen LogP contribution < -0.4 is 0 Å². The number of hydrogen-bond donors (Lipinski definition) is 0. The van der Waals surface area contributed by atoms with Gasteiger partial charge in [0.2, 0.25) is 0 Å². The normalized spacial score (nSPS) is 17.3. The van der Waals surface area contributed by atoms with Gasteiger partial charge < -0.3 is 4.74 Å². The van der Waals surface area contributed by atoms with Gasteiger partial charge >= 0.3 is 5.97 Å². The maximum absolute atomic E-state index is 13.0. The van der Waals surface area contributed by atoms with Gasteiger partial charge in [-0.3, -0.25) is 0 Å². The van der Waals surface area contributed by atoms with Crippen LogP contribution in [0.4, 0.5) is 0 Å². The van der Waals surface area contributed by atoms with Gasteiger partial charge in [-0.1, -0.05) is 49.4 Å². The van der Waals surface area contributed by atoms with Crippen molar-refractivity contribution in [2.75, 3.05) is 0 Å². The molecular weight excluding hydrogens is 310 g/mol. The lowest BCUT2D eigenvalue weighted by atomic mass is 10.0. The number of nitrogens with zero attached hydrogens (tertiary/aromatic N) is 1. The number of aromatic nitrogens is 1. The highest BCUT2D eigenvalue weighted by molar-refractivity contribution is 6.14. The number of ether oxygens (including phenoxy) is 1. The fraction of sp³-hybridized carbons (Fsp3) is 0.182. The standard InChI is InChI=1S/C22H19NO2/c1-15-7-6-8-16(14-13-15)25-22(24)21-17-9-2-4-11-19(17)23-20-12-5-3-10-18(20)21/h2-6,8-12,14-15H,7,13H2,1H3. The first-order valence-electron chi connectivity index (χ1n) is 8.59. The number of carbonyl (C=O) groups excluding carboxylic acids is 1. The average Bonchev–Trinajstić information content (AvgIpc) is 2.83. The zero-order chi connectivity index (χ0) is 17.2. The van der Waals surface area contributed by atoms with Crippen molar-refractivity contribution in [1.82, 2.24) is 4.98 Å². The van der Waals surface area contributed by atoms with E-state index >= 15 is 0 Å². The van der Waals surface area contributed by atoms with Gasteiger partial charge in [-0.2, -0.15) is 0 Å². The highest BCUT2D eigenvalue weighted by Crippen LogP contribution is 2.28. The minimum absolute atomic E-state index is 0.333. The molecule has 3 aromatic rings. The molecule has 0 N–H and O–H groups in total. The van der Waals surface area contributed by atoms with E-state index in [2.05, 4.69) is 18.0 Å². The SMILES string of the molecule is CC1CC=CC(OC(=O)c2c3ccccc3nc3ccccc23)=CC1. The van der Waals surface area contributed by atoms with Crippen LogP contribution in [0.25, 0.3) is 21.8 Å². The van der Waals surface area contributed by atoms with Gasteiger partial charge in [-0.15, -0.1) is 0 Å². The van der Waals surface area contributed by atoms with Gasteiger partial charge in [-0.05, 0) is 43.0 Å². The molecule has 2 aromatic carbocycles. The van der Waals surface area contributed by atoms with Gasteiger partial charge in [0.15, 0.2) is 0 Å². The van der Waals surface area contributed by atoms with E-state index < -0.39 is 0 Å². The Morgan fingerprint density at radius 2 is 1.64 bits per heavy atom. The average molecular weight is 329 g/mol. The van der Waals surface area contributed by atoms with Gasteiger partial charge in [-0.25, -0.2) is 9.78 Å². The molecule has 25 heavy (non-hydrogen) atoms. The molecule has 0 bridgehead atoms. The topological polar surface area (TPSA) is 39.2 Å². The molecule has 0 saturated heterocycles. The van der Waals surface area contributed by atoms with E-state index in [1.54, 1.807) is 0 Å². The second kappa shape index (κ2) is 6.52. The summed E-state index contributed by atoms with van der Waals surface area (Å²) in [5.41, 5.74) is 2.17. The molecule has 124 valence electrons. The lowest BCUT2D eigenvalue weighted by Crippen LogP contribution is -2.07. The molecule has 0 fully saturated rings. The van der Waals surface area contributed by atoms with Crippen molar-refractivity contribution < 1.29 is 9.53 Å². The molecule has 0 aliphatic heterocycles. The van der Waals surface area contributed by atoms with Crippen LogP contribution in [0.5, 0.6) is 0 Å². The van der Waals surface area contributed by atoms with Crippen LogP contribution in [0, 0.1) is 5.92 Å². The summed E-state index contributed by atoms with van der Waals surface area (Å²) in [7, 11) is 0. The molecule has 3 nitrogen and oxygen atoms in total. The number of pyridine rings is 1. The van der Waals surface area contributed by atoms with Crippen molar-refractivity contribution in [3.05, 3.63) is 78.1 Å². The second-order valence-electron chi connectivity index (χ2n) is 6.50. The van der Waals surface area contributed by atoms with E-state index in [0.29, 0.717) is 17.2 Å². The Bertz CT molecular complexity index is 963. The number of carbonyl (C=O) groups is 1. The zero-order valence-corrected chi connectivity index (χ0v) is 14.1. The number of rotatable bonds is 2. The third kappa shape index (κ3) is 3.05. The van der Waals surface area contributed by atoms with Crippen molar-refractivity contribution in [3.8, 4) is 0 Å². The molecule has 0 radical (unpaired) electrons. The van der Waals surface area contributed by atoms with Gasteiger partial charge in [0.1, 0.15) is 5.76 Å². The van der Waals surface area contributed by atoms with Crippen LogP contribution >= 0.6 is 0 Å². The molecule has 1 unspecified atom stereocenters. The fourth-order valence-electron chi connectivity index (χ4n) is 3.19. The van der Waals surface area contributed by atoms with Crippen LogP contribution in [0.3, 0.4) is 0 Å². The number of fused-ring (bicyclic) bond motifs is 2. The van der Waals surface area contributed by atoms with Crippen molar-refractivity contribution in [2.45, 2.75) is 19.8 Å². The first-order chi connectivity index (χ1) is 12.2. The Kier molecular flexibility index (Phi) is 4.06. The predicted octanol–water partition coefficient (Wildman–Crippen LogP) is 5.41. The first kappa shape index (κ1) is 15.6. The van der Waals surface area contributed by atoms with Crippen LogP contribution in [-0.2, 0) is 4.74 Å². The smallest absolute Gasteiger partial charge is 0.344 e. The molecule has 0 amide bonds. The quantitative estimate of drug-likeness (QED) is 0.466. The van der Waals surface area contributed by atoms with E-state index in [1.165, 1.54) is 0 Å². The molecule has 1 aromatic heterocycles. The monoisotopic (exact) mass is 329 g/mol. The minimum atomic E-state index is -0.333. The largest absolute Gasteiger partial charge is 0.423 e. The van der Waals surface area contributed by atoms with E-state index in [0.717, 1.165) is 34.6 Å². The molecular formula is C22H19NO2. The number of hydrogen-bond acceptors (Lipinski definition) is 3. The second-order valence-corrected chi connectivity index (χ2v) is 6.50. The summed E-state index contributed by atoms with van der Waals surface area (Å²) in [4.78, 5) is 17.7. The molecule has 0 spiro atoms. The summed E-state index contributed by atoms with van der Waals surface area (Å²) in [5.74, 6) is 0.856. The lowest BCUT2D eigenvalue weighted by molar-refractivity contribution is 0.0640. The lowest BCUT2D eigenvalue weighted by Gasteiger charge is -2.11. The van der Waals surface area contributed by atoms with Crippen LogP contribution in [0.15, 0.2) is 72.5 Å². The van der Waals surface area contributed by atoms with E-state index in [1.807, 2.05) is 60.7 Å². The Hall–Kier alpha value is -2.94. The van der Waals surface area contributed by atoms with E-state index in [9.17, 15) is 4.79 Å². The molecule has 1 aliphatic rings. The van der Waals surface area contributed by atoms with E-state index in [4.69, 9.17) is 4.74 Å². The van der Waals surface area contributed by atoms with Crippen molar-refractivity contribution in [3.63, 3.8) is 0 Å². The Balaban J connectivity index is 1.82. The van der Waals surface area contributed by atoms with Gasteiger partial charge in [0.25, 0.3) is 0 Å².